The molecular weight excluding hydrogens is 705 g/mol. The van der Waals surface area contributed by atoms with E-state index in [4.69, 9.17) is 33.9 Å². The Bertz CT molecular complexity index is 1760. The van der Waals surface area contributed by atoms with Gasteiger partial charge >= 0.3 is 0 Å². The molecule has 3 aromatic carbocycles. The summed E-state index contributed by atoms with van der Waals surface area (Å²) in [7, 11) is 0. The highest BCUT2D eigenvalue weighted by molar-refractivity contribution is 7.80. The largest absolute Gasteiger partial charge is 0.376 e. The van der Waals surface area contributed by atoms with Gasteiger partial charge in [0.1, 0.15) is 0 Å². The van der Waals surface area contributed by atoms with Crippen LogP contribution in [0.3, 0.4) is 0 Å². The minimum absolute atomic E-state index is 0.0932. The zero-order valence-electron chi connectivity index (χ0n) is 33.8. The summed E-state index contributed by atoms with van der Waals surface area (Å²) in [5.74, 6) is 1.32. The summed E-state index contributed by atoms with van der Waals surface area (Å²) in [5.41, 5.74) is 7.70. The lowest BCUT2D eigenvalue weighted by Crippen LogP contribution is -2.39. The Kier molecular flexibility index (Phi) is 10.5. The van der Waals surface area contributed by atoms with Crippen LogP contribution >= 0.6 is 24.4 Å². The molecule has 4 fully saturated rings. The summed E-state index contributed by atoms with van der Waals surface area (Å²) in [6, 6.07) is 25.9. The van der Waals surface area contributed by atoms with Crippen LogP contribution < -0.4 is 21.3 Å². The predicted octanol–water partition coefficient (Wildman–Crippen LogP) is 10.4. The van der Waals surface area contributed by atoms with Gasteiger partial charge in [-0.15, -0.1) is 0 Å². The Labute approximate surface area is 335 Å². The maximum atomic E-state index is 6.38. The Morgan fingerprint density at radius 1 is 0.593 bits per heavy atom. The maximum Gasteiger partial charge on any atom is 0.171 e. The Hall–Kier alpha value is -3.04. The molecule has 4 N–H and O–H groups in total. The molecule has 0 radical (unpaired) electrons. The highest BCUT2D eigenvalue weighted by Gasteiger charge is 2.75. The second-order valence-corrected chi connectivity index (χ2v) is 19.0. The zero-order chi connectivity index (χ0) is 38.6. The fourth-order valence-electron chi connectivity index (χ4n) is 11.9. The van der Waals surface area contributed by atoms with Crippen molar-refractivity contribution < 1.29 is 9.47 Å². The molecule has 0 aliphatic heterocycles. The highest BCUT2D eigenvalue weighted by Crippen LogP contribution is 2.78. The first kappa shape index (κ1) is 39.2. The van der Waals surface area contributed by atoms with Gasteiger partial charge in [-0.2, -0.15) is 0 Å². The van der Waals surface area contributed by atoms with Gasteiger partial charge in [0.2, 0.25) is 0 Å². The fourth-order valence-corrected chi connectivity index (χ4v) is 12.3. The van der Waals surface area contributed by atoms with Crippen LogP contribution in [0.25, 0.3) is 0 Å². The van der Waals surface area contributed by atoms with Crippen molar-refractivity contribution >= 4 is 46.0 Å². The van der Waals surface area contributed by atoms with Gasteiger partial charge < -0.3 is 30.7 Å². The molecule has 0 bridgehead atoms. The van der Waals surface area contributed by atoms with Crippen LogP contribution in [0.1, 0.15) is 116 Å². The Balaban J connectivity index is 0.995. The van der Waals surface area contributed by atoms with Gasteiger partial charge in [-0.3, -0.25) is 0 Å². The van der Waals surface area contributed by atoms with E-state index in [2.05, 4.69) is 125 Å². The molecule has 54 heavy (non-hydrogen) atoms. The summed E-state index contributed by atoms with van der Waals surface area (Å²) in [5, 5.41) is 15.1. The van der Waals surface area contributed by atoms with E-state index in [-0.39, 0.29) is 32.9 Å². The zero-order valence-corrected chi connectivity index (χ0v) is 35.4. The summed E-state index contributed by atoms with van der Waals surface area (Å²) >= 11 is 11.8. The standard InChI is InChI=1S/C46H62N4O2S2/c1-9-51-43(7)25-23-37-41(3,4)45(37,29-43)33-19-13-11-17-31(33)27-47-39(53)49-35-21-15-16-22-36(35)50-40(54)48-28-32-18-12-14-20-34(32)46-30-44(8,52-10-2)26-24-38(46)42(46,5)6/h11-22,37-38H,9-10,23-30H2,1-8H3,(H2,47,49,53)(H2,48,50,54). The number of rotatable bonds is 12. The molecule has 4 aliphatic carbocycles. The molecule has 6 unspecified atom stereocenters. The Morgan fingerprint density at radius 3 is 1.35 bits per heavy atom. The molecular formula is C46H62N4O2S2. The molecule has 3 aromatic rings. The molecule has 7 rings (SSSR count). The number of hydrogen-bond donors (Lipinski definition) is 4. The maximum absolute atomic E-state index is 6.38. The van der Waals surface area contributed by atoms with E-state index in [0.29, 0.717) is 35.2 Å². The lowest BCUT2D eigenvalue weighted by Gasteiger charge is -2.39. The molecule has 0 spiro atoms. The minimum atomic E-state index is -0.0932. The van der Waals surface area contributed by atoms with Gasteiger partial charge in [-0.1, -0.05) is 88.4 Å². The first-order chi connectivity index (χ1) is 25.7. The molecule has 290 valence electrons. The lowest BCUT2D eigenvalue weighted by atomic mass is 9.72. The topological polar surface area (TPSA) is 66.6 Å². The number of para-hydroxylation sites is 2. The van der Waals surface area contributed by atoms with Crippen LogP contribution in [0.15, 0.2) is 72.8 Å². The molecule has 0 heterocycles. The van der Waals surface area contributed by atoms with Crippen molar-refractivity contribution in [2.45, 2.75) is 129 Å². The van der Waals surface area contributed by atoms with E-state index in [1.54, 1.807) is 0 Å². The number of thiocarbonyl (C=S) groups is 2. The SMILES string of the molecule is CCOC1(C)CCC2C(C)(C)C2(c2ccccc2CNC(=S)Nc2ccccc2NC(=S)NCc2ccccc2C23CC(C)(OCC)CCC2C3(C)C)C1. The number of anilines is 2. The van der Waals surface area contributed by atoms with Crippen LogP contribution in [-0.4, -0.2) is 34.6 Å². The molecule has 4 saturated carbocycles. The van der Waals surface area contributed by atoms with Gasteiger partial charge in [-0.05, 0) is 148 Å². The van der Waals surface area contributed by atoms with Crippen molar-refractivity contribution in [3.63, 3.8) is 0 Å². The Morgan fingerprint density at radius 2 is 0.963 bits per heavy atom. The number of benzene rings is 3. The van der Waals surface area contributed by atoms with Gasteiger partial charge in [0.25, 0.3) is 0 Å². The minimum Gasteiger partial charge on any atom is -0.376 e. The average molecular weight is 767 g/mol. The molecule has 0 saturated heterocycles. The second-order valence-electron chi connectivity index (χ2n) is 18.2. The molecule has 6 atom stereocenters. The summed E-state index contributed by atoms with van der Waals surface area (Å²) in [4.78, 5) is 0. The number of hydrogen-bond acceptors (Lipinski definition) is 4. The third-order valence-electron chi connectivity index (χ3n) is 14.6. The monoisotopic (exact) mass is 766 g/mol. The van der Waals surface area contributed by atoms with E-state index in [1.165, 1.54) is 35.1 Å². The summed E-state index contributed by atoms with van der Waals surface area (Å²) in [6.07, 6.45) is 6.75. The third-order valence-corrected chi connectivity index (χ3v) is 15.1. The summed E-state index contributed by atoms with van der Waals surface area (Å²) in [6.45, 7) is 21.5. The van der Waals surface area contributed by atoms with Crippen molar-refractivity contribution in [2.24, 2.45) is 22.7 Å². The van der Waals surface area contributed by atoms with Crippen molar-refractivity contribution in [3.8, 4) is 0 Å². The van der Waals surface area contributed by atoms with Crippen molar-refractivity contribution in [2.75, 3.05) is 23.8 Å². The molecule has 4 aliphatic rings. The first-order valence-electron chi connectivity index (χ1n) is 20.3. The van der Waals surface area contributed by atoms with Gasteiger partial charge in [0.15, 0.2) is 10.2 Å². The van der Waals surface area contributed by atoms with Crippen molar-refractivity contribution in [1.29, 1.82) is 0 Å². The van der Waals surface area contributed by atoms with E-state index in [9.17, 15) is 0 Å². The molecule has 0 aromatic heterocycles. The number of fused-ring (bicyclic) bond motifs is 2. The van der Waals surface area contributed by atoms with Crippen LogP contribution in [0, 0.1) is 22.7 Å². The smallest absolute Gasteiger partial charge is 0.171 e. The van der Waals surface area contributed by atoms with E-state index in [0.717, 1.165) is 50.3 Å². The second kappa shape index (κ2) is 14.5. The van der Waals surface area contributed by atoms with E-state index >= 15 is 0 Å². The quantitative estimate of drug-likeness (QED) is 0.136. The number of ether oxygens (including phenoxy) is 2. The van der Waals surface area contributed by atoms with Crippen LogP contribution in [0.4, 0.5) is 11.4 Å². The number of nitrogens with one attached hydrogen (secondary N) is 4. The van der Waals surface area contributed by atoms with Gasteiger partial charge in [0.05, 0.1) is 22.6 Å². The average Bonchev–Trinajstić information content (AvgIpc) is 3.85. The molecule has 0 amide bonds. The van der Waals surface area contributed by atoms with Gasteiger partial charge in [-0.25, -0.2) is 0 Å². The third kappa shape index (κ3) is 6.67. The van der Waals surface area contributed by atoms with Crippen molar-refractivity contribution in [3.05, 3.63) is 95.1 Å². The van der Waals surface area contributed by atoms with Crippen LogP contribution in [0.5, 0.6) is 0 Å². The van der Waals surface area contributed by atoms with Crippen LogP contribution in [-0.2, 0) is 33.4 Å². The predicted molar refractivity (Wildman–Crippen MR) is 231 cm³/mol. The van der Waals surface area contributed by atoms with E-state index < -0.39 is 0 Å². The van der Waals surface area contributed by atoms with Gasteiger partial charge in [0, 0.05) is 37.1 Å². The van der Waals surface area contributed by atoms with Crippen molar-refractivity contribution in [1.82, 2.24) is 10.6 Å². The highest BCUT2D eigenvalue weighted by atomic mass is 32.1. The molecule has 8 heteroatoms. The lowest BCUT2D eigenvalue weighted by molar-refractivity contribution is -0.0583. The molecule has 6 nitrogen and oxygen atoms in total. The normalized spacial score (nSPS) is 31.3. The fraction of sp³-hybridized carbons (Fsp3) is 0.565. The van der Waals surface area contributed by atoms with Crippen LogP contribution in [0.2, 0.25) is 0 Å². The summed E-state index contributed by atoms with van der Waals surface area (Å²) < 4.78 is 12.8. The first-order valence-corrected chi connectivity index (χ1v) is 21.1. The van der Waals surface area contributed by atoms with E-state index in [1.807, 2.05) is 24.3 Å².